The predicted octanol–water partition coefficient (Wildman–Crippen LogP) is 4.27. The second kappa shape index (κ2) is 10.4. The van der Waals surface area contributed by atoms with Crippen molar-refractivity contribution in [3.63, 3.8) is 0 Å². The molecule has 1 aliphatic rings. The molecule has 0 bridgehead atoms. The maximum Gasteiger partial charge on any atom is 0.164 e. The fourth-order valence-electron chi connectivity index (χ4n) is 4.06. The third-order valence-corrected chi connectivity index (χ3v) is 5.54. The Morgan fingerprint density at radius 1 is 0.724 bits per heavy atom. The Morgan fingerprint density at radius 2 is 1.10 bits per heavy atom. The Kier molecular flexibility index (Phi) is 7.84. The van der Waals surface area contributed by atoms with Crippen LogP contribution in [0.3, 0.4) is 0 Å². The first-order valence-corrected chi connectivity index (χ1v) is 10.7. The number of rotatable bonds is 10. The minimum Gasteiger partial charge on any atom is -0.390 e. The van der Waals surface area contributed by atoms with E-state index in [1.807, 2.05) is 50.2 Å². The van der Waals surface area contributed by atoms with Crippen LogP contribution in [0.2, 0.25) is 0 Å². The van der Waals surface area contributed by atoms with Crippen LogP contribution in [-0.2, 0) is 22.3 Å². The van der Waals surface area contributed by atoms with Gasteiger partial charge in [0.1, 0.15) is 12.2 Å². The van der Waals surface area contributed by atoms with Gasteiger partial charge in [-0.05, 0) is 63.5 Å². The molecule has 158 valence electrons. The molecule has 0 radical (unpaired) electrons. The summed E-state index contributed by atoms with van der Waals surface area (Å²) in [6, 6.07) is 20.5. The first-order valence-electron chi connectivity index (χ1n) is 10.7. The van der Waals surface area contributed by atoms with Gasteiger partial charge >= 0.3 is 0 Å². The van der Waals surface area contributed by atoms with Gasteiger partial charge in [-0.25, -0.2) is 0 Å². The molecule has 4 heteroatoms. The van der Waals surface area contributed by atoms with Gasteiger partial charge in [-0.3, -0.25) is 0 Å². The molecule has 3 rings (SSSR count). The van der Waals surface area contributed by atoms with Crippen molar-refractivity contribution < 1.29 is 19.7 Å². The molecule has 0 spiro atoms. The van der Waals surface area contributed by atoms with Gasteiger partial charge in [0.15, 0.2) is 5.79 Å². The molecule has 0 aliphatic carbocycles. The second-order valence-corrected chi connectivity index (χ2v) is 8.46. The molecule has 4 nitrogen and oxygen atoms in total. The van der Waals surface area contributed by atoms with Crippen LogP contribution in [0.1, 0.15) is 50.7 Å². The Labute approximate surface area is 174 Å². The summed E-state index contributed by atoms with van der Waals surface area (Å²) in [5.41, 5.74) is 2.53. The maximum atomic E-state index is 10.8. The molecule has 0 unspecified atom stereocenters. The molecule has 1 saturated heterocycles. The molecule has 2 N–H and O–H groups in total. The molecule has 29 heavy (non-hydrogen) atoms. The summed E-state index contributed by atoms with van der Waals surface area (Å²) in [5.74, 6) is -0.795. The third kappa shape index (κ3) is 6.65. The fraction of sp³-hybridized carbons (Fsp3) is 0.520. The summed E-state index contributed by atoms with van der Waals surface area (Å²) >= 11 is 0. The van der Waals surface area contributed by atoms with Crippen LogP contribution >= 0.6 is 0 Å². The summed E-state index contributed by atoms with van der Waals surface area (Å²) in [5, 5.41) is 21.5. The van der Waals surface area contributed by atoms with Crippen molar-refractivity contribution in [1.82, 2.24) is 0 Å². The van der Waals surface area contributed by atoms with Crippen LogP contribution in [0, 0.1) is 0 Å². The van der Waals surface area contributed by atoms with E-state index in [-0.39, 0.29) is 0 Å². The number of aliphatic hydroxyl groups excluding tert-OH is 2. The summed E-state index contributed by atoms with van der Waals surface area (Å²) in [6.45, 7) is 3.68. The smallest absolute Gasteiger partial charge is 0.164 e. The predicted molar refractivity (Wildman–Crippen MR) is 115 cm³/mol. The lowest BCUT2D eigenvalue weighted by Gasteiger charge is -2.26. The van der Waals surface area contributed by atoms with Crippen molar-refractivity contribution in [2.45, 2.75) is 82.6 Å². The van der Waals surface area contributed by atoms with Gasteiger partial charge in [-0.1, -0.05) is 60.7 Å². The first kappa shape index (κ1) is 22.0. The van der Waals surface area contributed by atoms with E-state index in [1.54, 1.807) is 0 Å². The van der Waals surface area contributed by atoms with E-state index < -0.39 is 30.2 Å². The van der Waals surface area contributed by atoms with E-state index in [0.29, 0.717) is 12.8 Å². The molecule has 2 aromatic carbocycles. The largest absolute Gasteiger partial charge is 0.390 e. The molecule has 0 aromatic heterocycles. The van der Waals surface area contributed by atoms with Crippen LogP contribution in [0.5, 0.6) is 0 Å². The topological polar surface area (TPSA) is 58.9 Å². The number of hydrogen-bond acceptors (Lipinski definition) is 4. The lowest BCUT2D eigenvalue weighted by Crippen LogP contribution is -2.42. The molecule has 2 aromatic rings. The van der Waals surface area contributed by atoms with Gasteiger partial charge in [0.25, 0.3) is 0 Å². The molecular weight excluding hydrogens is 364 g/mol. The lowest BCUT2D eigenvalue weighted by molar-refractivity contribution is -0.161. The zero-order valence-corrected chi connectivity index (χ0v) is 17.5. The van der Waals surface area contributed by atoms with Gasteiger partial charge < -0.3 is 19.7 Å². The van der Waals surface area contributed by atoms with Crippen molar-refractivity contribution in [3.05, 3.63) is 71.8 Å². The average Bonchev–Trinajstić information content (AvgIpc) is 3.05. The van der Waals surface area contributed by atoms with Crippen LogP contribution < -0.4 is 0 Å². The SMILES string of the molecule is CC1(C)O[C@@H]([C@@H](O)CCCc2ccccc2)[C@H]([C@@H](O)CCCc2ccccc2)O1. The molecule has 1 aliphatic heterocycles. The third-order valence-electron chi connectivity index (χ3n) is 5.54. The normalized spacial score (nSPS) is 23.0. The number of benzene rings is 2. The Morgan fingerprint density at radius 3 is 1.48 bits per heavy atom. The second-order valence-electron chi connectivity index (χ2n) is 8.46. The fourth-order valence-corrected chi connectivity index (χ4v) is 4.06. The van der Waals surface area contributed by atoms with Gasteiger partial charge in [-0.2, -0.15) is 0 Å². The number of aliphatic hydroxyl groups is 2. The highest BCUT2D eigenvalue weighted by Gasteiger charge is 2.47. The Bertz CT molecular complexity index is 655. The highest BCUT2D eigenvalue weighted by atomic mass is 16.8. The zero-order valence-electron chi connectivity index (χ0n) is 17.5. The van der Waals surface area contributed by atoms with Gasteiger partial charge in [0.2, 0.25) is 0 Å². The summed E-state index contributed by atoms with van der Waals surface area (Å²) in [7, 11) is 0. The number of ether oxygens (including phenoxy) is 2. The van der Waals surface area contributed by atoms with Crippen LogP contribution in [0.4, 0.5) is 0 Å². The van der Waals surface area contributed by atoms with Crippen molar-refractivity contribution >= 4 is 0 Å². The van der Waals surface area contributed by atoms with E-state index in [2.05, 4.69) is 24.3 Å². The Balaban J connectivity index is 1.50. The van der Waals surface area contributed by atoms with Crippen LogP contribution in [-0.4, -0.2) is 40.4 Å². The van der Waals surface area contributed by atoms with E-state index in [0.717, 1.165) is 25.7 Å². The Hall–Kier alpha value is -1.72. The quantitative estimate of drug-likeness (QED) is 0.627. The van der Waals surface area contributed by atoms with Gasteiger partial charge in [0.05, 0.1) is 12.2 Å². The highest BCUT2D eigenvalue weighted by Crippen LogP contribution is 2.34. The summed E-state index contributed by atoms with van der Waals surface area (Å²) in [4.78, 5) is 0. The minimum atomic E-state index is -0.795. The zero-order chi connectivity index (χ0) is 20.7. The van der Waals surface area contributed by atoms with Crippen LogP contribution in [0.25, 0.3) is 0 Å². The molecule has 4 atom stereocenters. The molecule has 1 fully saturated rings. The van der Waals surface area contributed by atoms with Crippen molar-refractivity contribution in [2.75, 3.05) is 0 Å². The number of hydrogen-bond donors (Lipinski definition) is 2. The van der Waals surface area contributed by atoms with Crippen molar-refractivity contribution in [3.8, 4) is 0 Å². The van der Waals surface area contributed by atoms with Crippen LogP contribution in [0.15, 0.2) is 60.7 Å². The maximum absolute atomic E-state index is 10.8. The van der Waals surface area contributed by atoms with E-state index in [9.17, 15) is 10.2 Å². The lowest BCUT2D eigenvalue weighted by atomic mass is 9.95. The van der Waals surface area contributed by atoms with E-state index in [4.69, 9.17) is 9.47 Å². The molecule has 0 saturated carbocycles. The first-order chi connectivity index (χ1) is 13.9. The molecule has 0 amide bonds. The number of aryl methyl sites for hydroxylation is 2. The summed E-state index contributed by atoms with van der Waals surface area (Å²) < 4.78 is 12.0. The minimum absolute atomic E-state index is 0.507. The van der Waals surface area contributed by atoms with E-state index in [1.165, 1.54) is 11.1 Å². The monoisotopic (exact) mass is 398 g/mol. The van der Waals surface area contributed by atoms with Gasteiger partial charge in [-0.15, -0.1) is 0 Å². The van der Waals surface area contributed by atoms with Crippen molar-refractivity contribution in [1.29, 1.82) is 0 Å². The molecule has 1 heterocycles. The average molecular weight is 399 g/mol. The van der Waals surface area contributed by atoms with Crippen molar-refractivity contribution in [2.24, 2.45) is 0 Å². The van der Waals surface area contributed by atoms with Gasteiger partial charge in [0, 0.05) is 0 Å². The van der Waals surface area contributed by atoms with E-state index >= 15 is 0 Å². The standard InChI is InChI=1S/C25H34O4/c1-25(2)28-23(21(26)17-9-15-19-11-5-3-6-12-19)24(29-25)22(27)18-10-16-20-13-7-4-8-14-20/h3-8,11-14,21-24,26-27H,9-10,15-18H2,1-2H3/t21-,22-,23-,24-/m0/s1. The highest BCUT2D eigenvalue weighted by molar-refractivity contribution is 5.15. The summed E-state index contributed by atoms with van der Waals surface area (Å²) in [6.07, 6.45) is 2.46. The molecular formula is C25H34O4.